The van der Waals surface area contributed by atoms with Crippen molar-refractivity contribution in [3.05, 3.63) is 33.5 Å². The van der Waals surface area contributed by atoms with E-state index in [1.807, 2.05) is 0 Å². The normalized spacial score (nSPS) is 15.5. The highest BCUT2D eigenvalue weighted by Crippen LogP contribution is 2.30. The Morgan fingerprint density at radius 2 is 1.94 bits per heavy atom. The van der Waals surface area contributed by atoms with Gasteiger partial charge in [0.15, 0.2) is 0 Å². The molecule has 2 rings (SSSR count). The van der Waals surface area contributed by atoms with Gasteiger partial charge in [-0.1, -0.05) is 15.9 Å². The zero-order chi connectivity index (χ0) is 13.5. The summed E-state index contributed by atoms with van der Waals surface area (Å²) in [5.41, 5.74) is 0.773. The Morgan fingerprint density at radius 3 is 2.56 bits per heavy atom. The lowest BCUT2D eigenvalue weighted by atomic mass is 9.99. The van der Waals surface area contributed by atoms with Crippen LogP contribution in [0.3, 0.4) is 0 Å². The number of alkyl halides is 3. The number of nitrogens with zero attached hydrogens (tertiary/aromatic N) is 1. The van der Waals surface area contributed by atoms with Crippen molar-refractivity contribution in [2.75, 3.05) is 6.54 Å². The Kier molecular flexibility index (Phi) is 3.35. The van der Waals surface area contributed by atoms with E-state index in [-0.39, 0.29) is 19.5 Å². The maximum absolute atomic E-state index is 13.5. The summed E-state index contributed by atoms with van der Waals surface area (Å²) in [6, 6.07) is 2.68. The Hall–Kier alpha value is -1.11. The monoisotopic (exact) mass is 325 g/mol. The van der Waals surface area contributed by atoms with E-state index in [1.54, 1.807) is 0 Å². The van der Waals surface area contributed by atoms with Crippen molar-refractivity contribution in [2.24, 2.45) is 0 Å². The average molecular weight is 326 g/mol. The molecule has 1 aliphatic heterocycles. The van der Waals surface area contributed by atoms with Crippen LogP contribution < -0.4 is 0 Å². The van der Waals surface area contributed by atoms with Gasteiger partial charge in [-0.05, 0) is 29.7 Å². The van der Waals surface area contributed by atoms with E-state index in [0.29, 0.717) is 20.5 Å². The smallest absolute Gasteiger partial charge is 0.330 e. The van der Waals surface area contributed by atoms with Crippen molar-refractivity contribution in [3.8, 4) is 0 Å². The fourth-order valence-electron chi connectivity index (χ4n) is 1.95. The number of hydrogen-bond acceptors (Lipinski definition) is 1. The second-order valence-corrected chi connectivity index (χ2v) is 4.82. The summed E-state index contributed by atoms with van der Waals surface area (Å²) < 4.78 is 50.9. The van der Waals surface area contributed by atoms with Crippen LogP contribution in [0.15, 0.2) is 16.6 Å². The molecule has 18 heavy (non-hydrogen) atoms. The average Bonchev–Trinajstić information content (AvgIpc) is 2.31. The molecule has 1 aliphatic rings. The molecule has 1 aromatic rings. The summed E-state index contributed by atoms with van der Waals surface area (Å²) in [4.78, 5) is 11.8. The molecule has 1 amide bonds. The van der Waals surface area contributed by atoms with Gasteiger partial charge >= 0.3 is 12.1 Å². The number of benzene rings is 1. The van der Waals surface area contributed by atoms with Gasteiger partial charge in [-0.25, -0.2) is 4.39 Å². The van der Waals surface area contributed by atoms with Crippen LogP contribution in [0.25, 0.3) is 0 Å². The van der Waals surface area contributed by atoms with E-state index in [2.05, 4.69) is 15.9 Å². The van der Waals surface area contributed by atoms with Crippen molar-refractivity contribution in [2.45, 2.75) is 19.1 Å². The molecular formula is C11H8BrF4NO. The SMILES string of the molecule is O=C(N1CCc2c(F)ccc(Br)c2C1)C(F)(F)F. The number of halogens is 5. The Bertz CT molecular complexity index is 501. The standard InChI is InChI=1S/C11H8BrF4NO/c12-8-1-2-9(13)6-3-4-17(5-7(6)8)10(18)11(14,15)16/h1-2H,3-5H2. The first-order valence-electron chi connectivity index (χ1n) is 5.12. The Balaban J connectivity index is 2.31. The second kappa shape index (κ2) is 4.53. The summed E-state index contributed by atoms with van der Waals surface area (Å²) in [5.74, 6) is -2.34. The number of amides is 1. The van der Waals surface area contributed by atoms with Crippen molar-refractivity contribution < 1.29 is 22.4 Å². The molecule has 1 aromatic carbocycles. The van der Waals surface area contributed by atoms with Gasteiger partial charge in [0.05, 0.1) is 0 Å². The highest BCUT2D eigenvalue weighted by atomic mass is 79.9. The van der Waals surface area contributed by atoms with Crippen LogP contribution in [0, 0.1) is 5.82 Å². The third-order valence-electron chi connectivity index (χ3n) is 2.83. The lowest BCUT2D eigenvalue weighted by molar-refractivity contribution is -0.186. The van der Waals surface area contributed by atoms with Crippen molar-refractivity contribution in [1.82, 2.24) is 4.90 Å². The highest BCUT2D eigenvalue weighted by molar-refractivity contribution is 9.10. The zero-order valence-corrected chi connectivity index (χ0v) is 10.6. The molecule has 0 unspecified atom stereocenters. The molecule has 0 fully saturated rings. The highest BCUT2D eigenvalue weighted by Gasteiger charge is 2.43. The van der Waals surface area contributed by atoms with E-state index in [4.69, 9.17) is 0 Å². The van der Waals surface area contributed by atoms with Crippen molar-refractivity contribution >= 4 is 21.8 Å². The summed E-state index contributed by atoms with van der Waals surface area (Å²) in [6.07, 6.45) is -4.81. The van der Waals surface area contributed by atoms with E-state index >= 15 is 0 Å². The molecule has 0 aliphatic carbocycles. The molecule has 7 heteroatoms. The fourth-order valence-corrected chi connectivity index (χ4v) is 2.44. The molecule has 0 aromatic heterocycles. The van der Waals surface area contributed by atoms with Crippen LogP contribution in [0.2, 0.25) is 0 Å². The minimum Gasteiger partial charge on any atom is -0.330 e. The molecule has 0 spiro atoms. The van der Waals surface area contributed by atoms with Gasteiger partial charge in [-0.3, -0.25) is 4.79 Å². The topological polar surface area (TPSA) is 20.3 Å². The second-order valence-electron chi connectivity index (χ2n) is 3.96. The predicted octanol–water partition coefficient (Wildman–Crippen LogP) is 3.04. The summed E-state index contributed by atoms with van der Waals surface area (Å²) >= 11 is 3.16. The maximum atomic E-state index is 13.5. The van der Waals surface area contributed by atoms with E-state index in [1.165, 1.54) is 12.1 Å². The van der Waals surface area contributed by atoms with Crippen LogP contribution in [0.5, 0.6) is 0 Å². The van der Waals surface area contributed by atoms with Gasteiger partial charge < -0.3 is 4.90 Å². The summed E-state index contributed by atoms with van der Waals surface area (Å²) in [5, 5.41) is 0. The van der Waals surface area contributed by atoms with E-state index in [0.717, 1.165) is 0 Å². The minimum atomic E-state index is -4.89. The predicted molar refractivity (Wildman–Crippen MR) is 59.3 cm³/mol. The molecule has 0 saturated carbocycles. The van der Waals surface area contributed by atoms with Gasteiger partial charge in [-0.15, -0.1) is 0 Å². The number of rotatable bonds is 0. The van der Waals surface area contributed by atoms with Crippen LogP contribution in [-0.4, -0.2) is 23.5 Å². The first kappa shape index (κ1) is 13.3. The van der Waals surface area contributed by atoms with Crippen LogP contribution in [0.4, 0.5) is 17.6 Å². The lowest BCUT2D eigenvalue weighted by Crippen LogP contribution is -2.44. The lowest BCUT2D eigenvalue weighted by Gasteiger charge is -2.30. The first-order valence-corrected chi connectivity index (χ1v) is 5.92. The van der Waals surface area contributed by atoms with E-state index < -0.39 is 17.9 Å². The Morgan fingerprint density at radius 1 is 1.28 bits per heavy atom. The molecule has 0 saturated heterocycles. The van der Waals surface area contributed by atoms with Crippen molar-refractivity contribution in [1.29, 1.82) is 0 Å². The van der Waals surface area contributed by atoms with Crippen LogP contribution in [-0.2, 0) is 17.8 Å². The largest absolute Gasteiger partial charge is 0.471 e. The van der Waals surface area contributed by atoms with Crippen LogP contribution >= 0.6 is 15.9 Å². The number of carbonyl (C=O) groups excluding carboxylic acids is 1. The van der Waals surface area contributed by atoms with Crippen LogP contribution in [0.1, 0.15) is 11.1 Å². The van der Waals surface area contributed by atoms with Gasteiger partial charge in [0.2, 0.25) is 0 Å². The Labute approximate surface area is 109 Å². The third-order valence-corrected chi connectivity index (χ3v) is 3.57. The zero-order valence-electron chi connectivity index (χ0n) is 9.02. The molecule has 0 N–H and O–H groups in total. The number of carbonyl (C=O) groups is 1. The third kappa shape index (κ3) is 2.36. The fraction of sp³-hybridized carbons (Fsp3) is 0.364. The molecule has 0 bridgehead atoms. The maximum Gasteiger partial charge on any atom is 0.471 e. The van der Waals surface area contributed by atoms with Gasteiger partial charge in [0, 0.05) is 17.6 Å². The van der Waals surface area contributed by atoms with Gasteiger partial charge in [-0.2, -0.15) is 13.2 Å². The number of hydrogen-bond donors (Lipinski definition) is 0. The molecular weight excluding hydrogens is 318 g/mol. The summed E-state index contributed by atoms with van der Waals surface area (Å²) in [7, 11) is 0. The molecule has 0 radical (unpaired) electrons. The molecule has 98 valence electrons. The van der Waals surface area contributed by atoms with Gasteiger partial charge in [0.1, 0.15) is 5.82 Å². The van der Waals surface area contributed by atoms with Gasteiger partial charge in [0.25, 0.3) is 0 Å². The molecule has 1 heterocycles. The number of fused-ring (bicyclic) bond motifs is 1. The van der Waals surface area contributed by atoms with E-state index in [9.17, 15) is 22.4 Å². The minimum absolute atomic E-state index is 0.0857. The first-order chi connectivity index (χ1) is 8.30. The quantitative estimate of drug-likeness (QED) is 0.671. The molecule has 0 atom stereocenters. The molecule has 2 nitrogen and oxygen atoms in total. The summed E-state index contributed by atoms with van der Waals surface area (Å²) in [6.45, 7) is -0.356. The van der Waals surface area contributed by atoms with Crippen molar-refractivity contribution in [3.63, 3.8) is 0 Å².